The standard InChI is InChI=1S/C11H19N3O/c1-3-10-12-13-11(15-10)8-14-7-5-4-6-9(14)2/h9H,3-8H2,1-2H3. The molecule has 84 valence electrons. The summed E-state index contributed by atoms with van der Waals surface area (Å²) in [6.07, 6.45) is 4.75. The van der Waals surface area contributed by atoms with Gasteiger partial charge in [-0.05, 0) is 26.3 Å². The topological polar surface area (TPSA) is 42.2 Å². The number of nitrogens with zero attached hydrogens (tertiary/aromatic N) is 3. The van der Waals surface area contributed by atoms with E-state index in [2.05, 4.69) is 22.0 Å². The molecule has 0 amide bonds. The maximum absolute atomic E-state index is 5.52. The second kappa shape index (κ2) is 4.75. The van der Waals surface area contributed by atoms with Crippen molar-refractivity contribution in [1.82, 2.24) is 15.1 Å². The average molecular weight is 209 g/mol. The van der Waals surface area contributed by atoms with E-state index in [1.165, 1.54) is 19.3 Å². The van der Waals surface area contributed by atoms with Gasteiger partial charge in [0, 0.05) is 12.5 Å². The molecule has 0 aromatic carbocycles. The Balaban J connectivity index is 1.95. The van der Waals surface area contributed by atoms with Crippen LogP contribution in [0.2, 0.25) is 0 Å². The van der Waals surface area contributed by atoms with Gasteiger partial charge in [-0.1, -0.05) is 13.3 Å². The fraction of sp³-hybridized carbons (Fsp3) is 0.818. The average Bonchev–Trinajstić information content (AvgIpc) is 2.69. The van der Waals surface area contributed by atoms with E-state index >= 15 is 0 Å². The van der Waals surface area contributed by atoms with Gasteiger partial charge in [0.25, 0.3) is 0 Å². The Bertz CT molecular complexity index is 311. The van der Waals surface area contributed by atoms with Crippen molar-refractivity contribution in [3.8, 4) is 0 Å². The Morgan fingerprint density at radius 2 is 2.13 bits per heavy atom. The lowest BCUT2D eigenvalue weighted by Crippen LogP contribution is -2.36. The molecule has 0 N–H and O–H groups in total. The fourth-order valence-electron chi connectivity index (χ4n) is 2.06. The monoisotopic (exact) mass is 209 g/mol. The molecule has 1 aliphatic heterocycles. The number of rotatable bonds is 3. The Hall–Kier alpha value is -0.900. The molecule has 0 radical (unpaired) electrons. The number of aromatic nitrogens is 2. The van der Waals surface area contributed by atoms with E-state index in [4.69, 9.17) is 4.42 Å². The molecular weight excluding hydrogens is 190 g/mol. The normalized spacial score (nSPS) is 23.2. The van der Waals surface area contributed by atoms with Gasteiger partial charge in [-0.2, -0.15) is 0 Å². The molecule has 0 saturated carbocycles. The van der Waals surface area contributed by atoms with Gasteiger partial charge >= 0.3 is 0 Å². The summed E-state index contributed by atoms with van der Waals surface area (Å²) in [4.78, 5) is 2.43. The quantitative estimate of drug-likeness (QED) is 0.763. The molecule has 15 heavy (non-hydrogen) atoms. The highest BCUT2D eigenvalue weighted by Crippen LogP contribution is 2.18. The first kappa shape index (κ1) is 10.6. The van der Waals surface area contributed by atoms with Crippen molar-refractivity contribution in [2.45, 2.75) is 52.1 Å². The summed E-state index contributed by atoms with van der Waals surface area (Å²) in [5, 5.41) is 8.04. The Morgan fingerprint density at radius 3 is 2.80 bits per heavy atom. The molecule has 1 saturated heterocycles. The van der Waals surface area contributed by atoms with Crippen LogP contribution < -0.4 is 0 Å². The minimum atomic E-state index is 0.649. The van der Waals surface area contributed by atoms with E-state index in [0.717, 1.165) is 31.3 Å². The predicted molar refractivity (Wildman–Crippen MR) is 57.4 cm³/mol. The number of hydrogen-bond donors (Lipinski definition) is 0. The fourth-order valence-corrected chi connectivity index (χ4v) is 2.06. The summed E-state index contributed by atoms with van der Waals surface area (Å²) in [6.45, 7) is 6.27. The molecule has 0 bridgehead atoms. The van der Waals surface area contributed by atoms with Crippen molar-refractivity contribution in [1.29, 1.82) is 0 Å². The molecule has 4 heteroatoms. The maximum atomic E-state index is 5.52. The highest BCUT2D eigenvalue weighted by atomic mass is 16.4. The minimum absolute atomic E-state index is 0.649. The largest absolute Gasteiger partial charge is 0.424 e. The smallest absolute Gasteiger partial charge is 0.230 e. The van der Waals surface area contributed by atoms with Crippen LogP contribution in [0.5, 0.6) is 0 Å². The van der Waals surface area contributed by atoms with E-state index in [-0.39, 0.29) is 0 Å². The van der Waals surface area contributed by atoms with Gasteiger partial charge in [0.2, 0.25) is 11.8 Å². The summed E-state index contributed by atoms with van der Waals surface area (Å²) >= 11 is 0. The predicted octanol–water partition coefficient (Wildman–Crippen LogP) is 2.01. The van der Waals surface area contributed by atoms with Gasteiger partial charge in [0.1, 0.15) is 0 Å². The van der Waals surface area contributed by atoms with Crippen molar-refractivity contribution in [2.75, 3.05) is 6.54 Å². The van der Waals surface area contributed by atoms with Crippen molar-refractivity contribution in [2.24, 2.45) is 0 Å². The molecule has 1 aromatic rings. The molecule has 1 aliphatic rings. The lowest BCUT2D eigenvalue weighted by Gasteiger charge is -2.31. The molecule has 1 aromatic heterocycles. The molecule has 0 spiro atoms. The van der Waals surface area contributed by atoms with Crippen molar-refractivity contribution in [3.05, 3.63) is 11.8 Å². The van der Waals surface area contributed by atoms with Gasteiger partial charge in [-0.3, -0.25) is 4.90 Å². The van der Waals surface area contributed by atoms with Crippen LogP contribution in [0.25, 0.3) is 0 Å². The van der Waals surface area contributed by atoms with Crippen LogP contribution in [0.4, 0.5) is 0 Å². The van der Waals surface area contributed by atoms with Gasteiger partial charge in [0.05, 0.1) is 6.54 Å². The first-order valence-electron chi connectivity index (χ1n) is 5.85. The van der Waals surface area contributed by atoms with Crippen LogP contribution in [0, 0.1) is 0 Å². The first-order chi connectivity index (χ1) is 7.29. The van der Waals surface area contributed by atoms with Crippen LogP contribution in [-0.4, -0.2) is 27.7 Å². The van der Waals surface area contributed by atoms with E-state index < -0.39 is 0 Å². The summed E-state index contributed by atoms with van der Waals surface area (Å²) in [7, 11) is 0. The lowest BCUT2D eigenvalue weighted by molar-refractivity contribution is 0.138. The van der Waals surface area contributed by atoms with Crippen molar-refractivity contribution in [3.63, 3.8) is 0 Å². The third-order valence-corrected chi connectivity index (χ3v) is 3.09. The first-order valence-corrected chi connectivity index (χ1v) is 5.85. The van der Waals surface area contributed by atoms with Gasteiger partial charge < -0.3 is 4.42 Å². The van der Waals surface area contributed by atoms with Crippen molar-refractivity contribution < 1.29 is 4.42 Å². The van der Waals surface area contributed by atoms with Crippen molar-refractivity contribution >= 4 is 0 Å². The van der Waals surface area contributed by atoms with Gasteiger partial charge in [0.15, 0.2) is 0 Å². The van der Waals surface area contributed by atoms with Crippen LogP contribution >= 0.6 is 0 Å². The van der Waals surface area contributed by atoms with Gasteiger partial charge in [-0.25, -0.2) is 0 Å². The van der Waals surface area contributed by atoms with Gasteiger partial charge in [-0.15, -0.1) is 10.2 Å². The van der Waals surface area contributed by atoms with E-state index in [1.807, 2.05) is 6.92 Å². The Morgan fingerprint density at radius 1 is 1.33 bits per heavy atom. The molecule has 4 nitrogen and oxygen atoms in total. The third-order valence-electron chi connectivity index (χ3n) is 3.09. The highest BCUT2D eigenvalue weighted by molar-refractivity contribution is 4.84. The zero-order chi connectivity index (χ0) is 10.7. The maximum Gasteiger partial charge on any atom is 0.230 e. The minimum Gasteiger partial charge on any atom is -0.424 e. The summed E-state index contributed by atoms with van der Waals surface area (Å²) in [5.41, 5.74) is 0. The van der Waals surface area contributed by atoms with Crippen LogP contribution in [-0.2, 0) is 13.0 Å². The van der Waals surface area contributed by atoms with E-state index in [0.29, 0.717) is 6.04 Å². The molecule has 1 unspecified atom stereocenters. The number of aryl methyl sites for hydroxylation is 1. The van der Waals surface area contributed by atoms with E-state index in [1.54, 1.807) is 0 Å². The molecular formula is C11H19N3O. The molecule has 1 atom stereocenters. The third kappa shape index (κ3) is 2.56. The Labute approximate surface area is 90.7 Å². The molecule has 0 aliphatic carbocycles. The summed E-state index contributed by atoms with van der Waals surface area (Å²) < 4.78 is 5.52. The zero-order valence-electron chi connectivity index (χ0n) is 9.57. The second-order valence-electron chi connectivity index (χ2n) is 4.26. The summed E-state index contributed by atoms with van der Waals surface area (Å²) in [5.74, 6) is 1.51. The van der Waals surface area contributed by atoms with Crippen LogP contribution in [0.3, 0.4) is 0 Å². The molecule has 1 fully saturated rings. The van der Waals surface area contributed by atoms with Crippen LogP contribution in [0.1, 0.15) is 44.9 Å². The number of hydrogen-bond acceptors (Lipinski definition) is 4. The summed E-state index contributed by atoms with van der Waals surface area (Å²) in [6, 6.07) is 0.649. The molecule has 2 heterocycles. The lowest BCUT2D eigenvalue weighted by atomic mass is 10.0. The SMILES string of the molecule is CCc1nnc(CN2CCCCC2C)o1. The Kier molecular flexibility index (Phi) is 3.36. The molecule has 2 rings (SSSR count). The zero-order valence-corrected chi connectivity index (χ0v) is 9.57. The van der Waals surface area contributed by atoms with Crippen LogP contribution in [0.15, 0.2) is 4.42 Å². The number of likely N-dealkylation sites (tertiary alicyclic amines) is 1. The second-order valence-corrected chi connectivity index (χ2v) is 4.26. The highest BCUT2D eigenvalue weighted by Gasteiger charge is 2.20. The van der Waals surface area contributed by atoms with E-state index in [9.17, 15) is 0 Å². The number of piperidine rings is 1.